The van der Waals surface area contributed by atoms with Gasteiger partial charge in [0.05, 0.1) is 6.61 Å². The monoisotopic (exact) mass is 290 g/mol. The lowest BCUT2D eigenvalue weighted by Gasteiger charge is -2.27. The quantitative estimate of drug-likeness (QED) is 0.742. The van der Waals surface area contributed by atoms with Gasteiger partial charge in [0, 0.05) is 39.0 Å². The van der Waals surface area contributed by atoms with Gasteiger partial charge in [-0.1, -0.05) is 26.0 Å². The fraction of sp³-hybridized carbons (Fsp3) is 0.667. The molecule has 1 aromatic carbocycles. The van der Waals surface area contributed by atoms with E-state index in [0.717, 1.165) is 19.7 Å². The van der Waals surface area contributed by atoms with Gasteiger partial charge in [-0.3, -0.25) is 0 Å². The van der Waals surface area contributed by atoms with E-state index in [0.29, 0.717) is 5.41 Å². The summed E-state index contributed by atoms with van der Waals surface area (Å²) in [4.78, 5) is 2.55. The van der Waals surface area contributed by atoms with Crippen molar-refractivity contribution in [3.05, 3.63) is 29.8 Å². The van der Waals surface area contributed by atoms with Crippen molar-refractivity contribution in [2.75, 3.05) is 38.3 Å². The molecule has 0 radical (unpaired) electrons. The van der Waals surface area contributed by atoms with Gasteiger partial charge in [0.2, 0.25) is 0 Å². The second kappa shape index (κ2) is 7.81. The fourth-order valence-electron chi connectivity index (χ4n) is 3.21. The van der Waals surface area contributed by atoms with Gasteiger partial charge < -0.3 is 15.0 Å². The highest BCUT2D eigenvalue weighted by molar-refractivity contribution is 5.49. The average molecular weight is 290 g/mol. The lowest BCUT2D eigenvalue weighted by molar-refractivity contribution is 0.199. The van der Waals surface area contributed by atoms with Crippen LogP contribution in [0.1, 0.15) is 38.7 Å². The average Bonchev–Trinajstić information content (AvgIpc) is 2.97. The summed E-state index contributed by atoms with van der Waals surface area (Å²) in [6, 6.07) is 9.03. The summed E-state index contributed by atoms with van der Waals surface area (Å²) in [5.74, 6) is 0. The van der Waals surface area contributed by atoms with Crippen LogP contribution in [0.25, 0.3) is 0 Å². The van der Waals surface area contributed by atoms with Gasteiger partial charge in [0.1, 0.15) is 0 Å². The first-order valence-electron chi connectivity index (χ1n) is 8.26. The predicted molar refractivity (Wildman–Crippen MR) is 89.9 cm³/mol. The van der Waals surface area contributed by atoms with Gasteiger partial charge in [-0.15, -0.1) is 0 Å². The number of anilines is 1. The zero-order valence-electron chi connectivity index (χ0n) is 13.8. The summed E-state index contributed by atoms with van der Waals surface area (Å²) in [6.07, 6.45) is 3.92. The third-order valence-corrected chi connectivity index (χ3v) is 5.05. The van der Waals surface area contributed by atoms with Gasteiger partial charge >= 0.3 is 0 Å². The standard InChI is InChI=1S/C18H30N2O/c1-4-18(5-2)10-12-20(15-18)17-8-6-16(7-9-17)14-19-11-13-21-3/h6-9,19H,4-5,10-15H2,1-3H3. The van der Waals surface area contributed by atoms with E-state index in [9.17, 15) is 0 Å². The van der Waals surface area contributed by atoms with E-state index in [-0.39, 0.29) is 0 Å². The van der Waals surface area contributed by atoms with Crippen LogP contribution in [0, 0.1) is 5.41 Å². The maximum atomic E-state index is 5.04. The summed E-state index contributed by atoms with van der Waals surface area (Å²) in [5.41, 5.74) is 3.26. The van der Waals surface area contributed by atoms with Crippen LogP contribution in [-0.2, 0) is 11.3 Å². The maximum absolute atomic E-state index is 5.04. The zero-order chi connectivity index (χ0) is 15.1. The van der Waals surface area contributed by atoms with E-state index in [4.69, 9.17) is 4.74 Å². The first-order valence-corrected chi connectivity index (χ1v) is 8.26. The lowest BCUT2D eigenvalue weighted by Crippen LogP contribution is -2.26. The molecular formula is C18H30N2O. The third kappa shape index (κ3) is 4.21. The van der Waals surface area contributed by atoms with Crippen molar-refractivity contribution in [1.29, 1.82) is 0 Å². The molecule has 0 spiro atoms. The first kappa shape index (κ1) is 16.3. The Morgan fingerprint density at radius 1 is 1.19 bits per heavy atom. The molecule has 1 aliphatic rings. The molecule has 2 rings (SSSR count). The van der Waals surface area contributed by atoms with Crippen LogP contribution in [-0.4, -0.2) is 33.4 Å². The number of hydrogen-bond acceptors (Lipinski definition) is 3. The third-order valence-electron chi connectivity index (χ3n) is 5.05. The number of hydrogen-bond donors (Lipinski definition) is 1. The molecule has 1 aromatic rings. The van der Waals surface area contributed by atoms with E-state index < -0.39 is 0 Å². The highest BCUT2D eigenvalue weighted by atomic mass is 16.5. The van der Waals surface area contributed by atoms with Gasteiger partial charge in [-0.05, 0) is 42.4 Å². The Balaban J connectivity index is 1.88. The largest absolute Gasteiger partial charge is 0.383 e. The molecule has 3 heteroatoms. The van der Waals surface area contributed by atoms with Crippen LogP contribution in [0.5, 0.6) is 0 Å². The van der Waals surface area contributed by atoms with Crippen LogP contribution < -0.4 is 10.2 Å². The molecule has 1 saturated heterocycles. The van der Waals surface area contributed by atoms with Crippen molar-refractivity contribution < 1.29 is 4.74 Å². The van der Waals surface area contributed by atoms with E-state index in [1.54, 1.807) is 7.11 Å². The normalized spacial score (nSPS) is 17.4. The molecule has 118 valence electrons. The molecule has 1 heterocycles. The Labute approximate surface area is 129 Å². The smallest absolute Gasteiger partial charge is 0.0587 e. The minimum absolute atomic E-state index is 0.542. The number of nitrogens with zero attached hydrogens (tertiary/aromatic N) is 1. The molecule has 0 bridgehead atoms. The van der Waals surface area contributed by atoms with Crippen molar-refractivity contribution in [2.24, 2.45) is 5.41 Å². The molecule has 1 fully saturated rings. The summed E-state index contributed by atoms with van der Waals surface area (Å²) >= 11 is 0. The molecule has 0 atom stereocenters. The predicted octanol–water partition coefficient (Wildman–Crippen LogP) is 3.44. The topological polar surface area (TPSA) is 24.5 Å². The van der Waals surface area contributed by atoms with Crippen LogP contribution in [0.4, 0.5) is 5.69 Å². The SMILES string of the molecule is CCC1(CC)CCN(c2ccc(CNCCOC)cc2)C1. The number of ether oxygens (including phenoxy) is 1. The van der Waals surface area contributed by atoms with E-state index in [1.807, 2.05) is 0 Å². The number of rotatable bonds is 8. The Morgan fingerprint density at radius 2 is 1.90 bits per heavy atom. The fourth-order valence-corrected chi connectivity index (χ4v) is 3.21. The van der Waals surface area contributed by atoms with Crippen LogP contribution >= 0.6 is 0 Å². The minimum Gasteiger partial charge on any atom is -0.383 e. The highest BCUT2D eigenvalue weighted by Gasteiger charge is 2.34. The number of methoxy groups -OCH3 is 1. The molecule has 1 aliphatic heterocycles. The van der Waals surface area contributed by atoms with Crippen molar-refractivity contribution in [3.63, 3.8) is 0 Å². The molecular weight excluding hydrogens is 260 g/mol. The highest BCUT2D eigenvalue weighted by Crippen LogP contribution is 2.38. The second-order valence-electron chi connectivity index (χ2n) is 6.21. The summed E-state index contributed by atoms with van der Waals surface area (Å²) in [5, 5.41) is 3.38. The number of nitrogens with one attached hydrogen (secondary N) is 1. The first-order chi connectivity index (χ1) is 10.2. The molecule has 0 saturated carbocycles. The van der Waals surface area contributed by atoms with Crippen LogP contribution in [0.3, 0.4) is 0 Å². The van der Waals surface area contributed by atoms with Gasteiger partial charge in [0.25, 0.3) is 0 Å². The van der Waals surface area contributed by atoms with Crippen molar-refractivity contribution in [3.8, 4) is 0 Å². The van der Waals surface area contributed by atoms with E-state index in [2.05, 4.69) is 48.3 Å². The van der Waals surface area contributed by atoms with Crippen LogP contribution in [0.2, 0.25) is 0 Å². The molecule has 21 heavy (non-hydrogen) atoms. The molecule has 0 amide bonds. The molecule has 3 nitrogen and oxygen atoms in total. The summed E-state index contributed by atoms with van der Waals surface area (Å²) < 4.78 is 5.04. The lowest BCUT2D eigenvalue weighted by atomic mass is 9.82. The Kier molecular flexibility index (Phi) is 6.07. The Bertz CT molecular complexity index is 412. The van der Waals surface area contributed by atoms with Gasteiger partial charge in [0.15, 0.2) is 0 Å². The zero-order valence-corrected chi connectivity index (χ0v) is 13.8. The van der Waals surface area contributed by atoms with Gasteiger partial charge in [-0.25, -0.2) is 0 Å². The van der Waals surface area contributed by atoms with Crippen LogP contribution in [0.15, 0.2) is 24.3 Å². The van der Waals surface area contributed by atoms with Crippen molar-refractivity contribution >= 4 is 5.69 Å². The number of benzene rings is 1. The van der Waals surface area contributed by atoms with E-state index in [1.165, 1.54) is 43.6 Å². The minimum atomic E-state index is 0.542. The molecule has 0 unspecified atom stereocenters. The molecule has 1 N–H and O–H groups in total. The summed E-state index contributed by atoms with van der Waals surface area (Å²) in [7, 11) is 1.74. The van der Waals surface area contributed by atoms with E-state index >= 15 is 0 Å². The maximum Gasteiger partial charge on any atom is 0.0587 e. The van der Waals surface area contributed by atoms with Crippen molar-refractivity contribution in [2.45, 2.75) is 39.7 Å². The molecule has 0 aromatic heterocycles. The summed E-state index contributed by atoms with van der Waals surface area (Å²) in [6.45, 7) is 9.67. The second-order valence-corrected chi connectivity index (χ2v) is 6.21. The Hall–Kier alpha value is -1.06. The van der Waals surface area contributed by atoms with Gasteiger partial charge in [-0.2, -0.15) is 0 Å². The van der Waals surface area contributed by atoms with Crippen molar-refractivity contribution in [1.82, 2.24) is 5.32 Å². The Morgan fingerprint density at radius 3 is 2.48 bits per heavy atom. The molecule has 0 aliphatic carbocycles.